The van der Waals surface area contributed by atoms with Crippen molar-refractivity contribution in [2.75, 3.05) is 13.2 Å². The van der Waals surface area contributed by atoms with Gasteiger partial charge in [0.25, 0.3) is 0 Å². The lowest BCUT2D eigenvalue weighted by Gasteiger charge is -2.24. The van der Waals surface area contributed by atoms with Crippen LogP contribution in [-0.2, 0) is 0 Å². The van der Waals surface area contributed by atoms with Crippen LogP contribution >= 0.6 is 0 Å². The Balaban J connectivity index is 3.45. The molecule has 0 aromatic heterocycles. The van der Waals surface area contributed by atoms with Crippen molar-refractivity contribution in [3.05, 3.63) is 0 Å². The van der Waals surface area contributed by atoms with E-state index in [4.69, 9.17) is 10.2 Å². The molecule has 0 spiro atoms. The number of unbranched alkanes of at least 4 members (excludes halogenated alkanes) is 3. The molecule has 0 atom stereocenters. The average molecular weight is 174 g/mol. The number of aliphatic hydroxyl groups is 2. The Morgan fingerprint density at radius 1 is 1.00 bits per heavy atom. The summed E-state index contributed by atoms with van der Waals surface area (Å²) in [6.45, 7) is 4.29. The molecular formula is C10H22O2. The molecule has 2 heteroatoms. The third-order valence-electron chi connectivity index (χ3n) is 2.40. The van der Waals surface area contributed by atoms with Gasteiger partial charge in [0.05, 0.1) is 13.2 Å². The van der Waals surface area contributed by atoms with Gasteiger partial charge in [-0.15, -0.1) is 0 Å². The zero-order chi connectivity index (χ0) is 9.45. The van der Waals surface area contributed by atoms with Crippen LogP contribution in [0.4, 0.5) is 0 Å². The average Bonchev–Trinajstić information content (AvgIpc) is 2.12. The van der Waals surface area contributed by atoms with Gasteiger partial charge in [-0.1, -0.05) is 39.5 Å². The fraction of sp³-hybridized carbons (Fsp3) is 1.00. The number of hydrogen-bond acceptors (Lipinski definition) is 2. The molecule has 0 aliphatic carbocycles. The van der Waals surface area contributed by atoms with Crippen molar-refractivity contribution in [3.8, 4) is 0 Å². The summed E-state index contributed by atoms with van der Waals surface area (Å²) < 4.78 is 0. The van der Waals surface area contributed by atoms with Crippen molar-refractivity contribution < 1.29 is 10.2 Å². The highest BCUT2D eigenvalue weighted by Crippen LogP contribution is 2.22. The van der Waals surface area contributed by atoms with Crippen LogP contribution in [0, 0.1) is 5.41 Å². The number of aliphatic hydroxyl groups excluding tert-OH is 2. The zero-order valence-electron chi connectivity index (χ0n) is 8.34. The Labute approximate surface area is 75.6 Å². The van der Waals surface area contributed by atoms with Gasteiger partial charge >= 0.3 is 0 Å². The van der Waals surface area contributed by atoms with Crippen molar-refractivity contribution >= 4 is 0 Å². The van der Waals surface area contributed by atoms with E-state index >= 15 is 0 Å². The monoisotopic (exact) mass is 174 g/mol. The molecule has 0 aromatic rings. The fourth-order valence-electron chi connectivity index (χ4n) is 1.19. The zero-order valence-corrected chi connectivity index (χ0v) is 8.34. The quantitative estimate of drug-likeness (QED) is 0.579. The first-order valence-corrected chi connectivity index (χ1v) is 4.90. The Morgan fingerprint density at radius 2 is 1.58 bits per heavy atom. The van der Waals surface area contributed by atoms with Crippen LogP contribution in [0.5, 0.6) is 0 Å². The minimum Gasteiger partial charge on any atom is -0.396 e. The lowest BCUT2D eigenvalue weighted by atomic mass is 9.86. The molecule has 12 heavy (non-hydrogen) atoms. The van der Waals surface area contributed by atoms with Crippen LogP contribution in [0.2, 0.25) is 0 Å². The van der Waals surface area contributed by atoms with E-state index < -0.39 is 0 Å². The molecule has 0 aromatic carbocycles. The lowest BCUT2D eigenvalue weighted by molar-refractivity contribution is 0.0606. The smallest absolute Gasteiger partial charge is 0.0506 e. The summed E-state index contributed by atoms with van der Waals surface area (Å²) in [5.41, 5.74) is -0.256. The largest absolute Gasteiger partial charge is 0.396 e. The lowest BCUT2D eigenvalue weighted by Crippen LogP contribution is -2.25. The predicted molar refractivity (Wildman–Crippen MR) is 51.0 cm³/mol. The molecule has 0 saturated carbocycles. The van der Waals surface area contributed by atoms with Gasteiger partial charge in [0.15, 0.2) is 0 Å². The van der Waals surface area contributed by atoms with E-state index in [-0.39, 0.29) is 18.6 Å². The fourth-order valence-corrected chi connectivity index (χ4v) is 1.19. The van der Waals surface area contributed by atoms with E-state index in [1.54, 1.807) is 0 Å². The molecule has 74 valence electrons. The normalized spacial score (nSPS) is 12.0. The molecule has 0 amide bonds. The molecular weight excluding hydrogens is 152 g/mol. The molecule has 0 fully saturated rings. The minimum absolute atomic E-state index is 0.0929. The van der Waals surface area contributed by atoms with Gasteiger partial charge in [-0.3, -0.25) is 0 Å². The van der Waals surface area contributed by atoms with Crippen LogP contribution in [0.15, 0.2) is 0 Å². The van der Waals surface area contributed by atoms with Gasteiger partial charge in [0, 0.05) is 5.41 Å². The molecule has 0 aliphatic rings. The first-order valence-electron chi connectivity index (χ1n) is 4.90. The van der Waals surface area contributed by atoms with E-state index in [0.29, 0.717) is 0 Å². The third-order valence-corrected chi connectivity index (χ3v) is 2.40. The Kier molecular flexibility index (Phi) is 6.39. The molecule has 2 N–H and O–H groups in total. The number of rotatable bonds is 7. The highest BCUT2D eigenvalue weighted by molar-refractivity contribution is 4.71. The summed E-state index contributed by atoms with van der Waals surface area (Å²) in [6, 6.07) is 0. The van der Waals surface area contributed by atoms with E-state index in [2.05, 4.69) is 6.92 Å². The highest BCUT2D eigenvalue weighted by Gasteiger charge is 2.21. The third kappa shape index (κ3) is 4.73. The molecule has 0 rings (SSSR count). The van der Waals surface area contributed by atoms with Crippen molar-refractivity contribution in [2.24, 2.45) is 5.41 Å². The standard InChI is InChI=1S/C10H22O2/c1-3-4-5-6-7-10(2,8-11)9-12/h11-12H,3-9H2,1-2H3. The molecule has 0 bridgehead atoms. The second-order valence-corrected chi connectivity index (χ2v) is 3.94. The van der Waals surface area contributed by atoms with E-state index in [9.17, 15) is 0 Å². The second kappa shape index (κ2) is 6.44. The first kappa shape index (κ1) is 11.9. The van der Waals surface area contributed by atoms with Crippen molar-refractivity contribution in [1.82, 2.24) is 0 Å². The Bertz CT molecular complexity index is 98.0. The van der Waals surface area contributed by atoms with Crippen LogP contribution in [0.25, 0.3) is 0 Å². The summed E-state index contributed by atoms with van der Waals surface area (Å²) >= 11 is 0. The van der Waals surface area contributed by atoms with Crippen molar-refractivity contribution in [2.45, 2.75) is 46.0 Å². The molecule has 0 unspecified atom stereocenters. The minimum atomic E-state index is -0.256. The predicted octanol–water partition coefficient (Wildman–Crippen LogP) is 1.95. The maximum absolute atomic E-state index is 8.98. The van der Waals surface area contributed by atoms with Crippen LogP contribution in [0.3, 0.4) is 0 Å². The summed E-state index contributed by atoms with van der Waals surface area (Å²) in [5, 5.41) is 18.0. The van der Waals surface area contributed by atoms with Crippen LogP contribution < -0.4 is 0 Å². The van der Waals surface area contributed by atoms with Gasteiger partial charge in [0.2, 0.25) is 0 Å². The summed E-state index contributed by atoms with van der Waals surface area (Å²) in [6.07, 6.45) is 5.75. The van der Waals surface area contributed by atoms with Crippen molar-refractivity contribution in [3.63, 3.8) is 0 Å². The Morgan fingerprint density at radius 3 is 2.00 bits per heavy atom. The molecule has 0 saturated heterocycles. The van der Waals surface area contributed by atoms with Gasteiger partial charge in [0.1, 0.15) is 0 Å². The van der Waals surface area contributed by atoms with E-state index in [1.807, 2.05) is 6.92 Å². The van der Waals surface area contributed by atoms with Gasteiger partial charge in [-0.05, 0) is 6.42 Å². The Hall–Kier alpha value is -0.0800. The van der Waals surface area contributed by atoms with Gasteiger partial charge < -0.3 is 10.2 Å². The maximum atomic E-state index is 8.98. The molecule has 0 radical (unpaired) electrons. The summed E-state index contributed by atoms with van der Waals surface area (Å²) in [7, 11) is 0. The summed E-state index contributed by atoms with van der Waals surface area (Å²) in [4.78, 5) is 0. The number of hydrogen-bond donors (Lipinski definition) is 2. The molecule has 0 heterocycles. The van der Waals surface area contributed by atoms with Gasteiger partial charge in [-0.2, -0.15) is 0 Å². The van der Waals surface area contributed by atoms with E-state index in [1.165, 1.54) is 19.3 Å². The SMILES string of the molecule is CCCCCCC(C)(CO)CO. The highest BCUT2D eigenvalue weighted by atomic mass is 16.3. The molecule has 2 nitrogen and oxygen atoms in total. The second-order valence-electron chi connectivity index (χ2n) is 3.94. The molecule has 0 aliphatic heterocycles. The topological polar surface area (TPSA) is 40.5 Å². The first-order chi connectivity index (χ1) is 5.68. The van der Waals surface area contributed by atoms with Gasteiger partial charge in [-0.25, -0.2) is 0 Å². The van der Waals surface area contributed by atoms with Crippen LogP contribution in [-0.4, -0.2) is 23.4 Å². The van der Waals surface area contributed by atoms with Crippen molar-refractivity contribution in [1.29, 1.82) is 0 Å². The van der Waals surface area contributed by atoms with E-state index in [0.717, 1.165) is 12.8 Å². The summed E-state index contributed by atoms with van der Waals surface area (Å²) in [5.74, 6) is 0. The van der Waals surface area contributed by atoms with Crippen LogP contribution in [0.1, 0.15) is 46.0 Å². The maximum Gasteiger partial charge on any atom is 0.0506 e.